The van der Waals surface area contributed by atoms with Crippen molar-refractivity contribution in [3.05, 3.63) is 47.2 Å². The number of aromatic amines is 1. The summed E-state index contributed by atoms with van der Waals surface area (Å²) in [6, 6.07) is 5.28. The lowest BCUT2D eigenvalue weighted by molar-refractivity contribution is 0.308. The SMILES string of the molecule is CN1CCOc2cc(CNc3cc(-c4n[nH]c5c4CCC(C)(C)C5)cc(F)n3)cnc21. The second kappa shape index (κ2) is 7.51. The van der Waals surface area contributed by atoms with Crippen molar-refractivity contribution in [1.29, 1.82) is 0 Å². The molecule has 31 heavy (non-hydrogen) atoms. The van der Waals surface area contributed by atoms with Crippen LogP contribution in [0, 0.1) is 11.4 Å². The van der Waals surface area contributed by atoms with E-state index in [1.165, 1.54) is 11.6 Å². The number of fused-ring (bicyclic) bond motifs is 2. The van der Waals surface area contributed by atoms with Crippen molar-refractivity contribution in [2.45, 2.75) is 39.7 Å². The van der Waals surface area contributed by atoms with Gasteiger partial charge in [0.2, 0.25) is 5.95 Å². The summed E-state index contributed by atoms with van der Waals surface area (Å²) in [6.45, 7) is 6.46. The van der Waals surface area contributed by atoms with E-state index >= 15 is 0 Å². The van der Waals surface area contributed by atoms with Gasteiger partial charge in [-0.05, 0) is 42.4 Å². The smallest absolute Gasteiger partial charge is 0.215 e. The molecule has 0 saturated carbocycles. The molecule has 0 unspecified atom stereocenters. The molecule has 8 heteroatoms. The van der Waals surface area contributed by atoms with Crippen LogP contribution in [0.4, 0.5) is 16.0 Å². The highest BCUT2D eigenvalue weighted by molar-refractivity contribution is 5.67. The molecule has 5 rings (SSSR count). The number of anilines is 2. The van der Waals surface area contributed by atoms with Crippen LogP contribution in [0.3, 0.4) is 0 Å². The van der Waals surface area contributed by atoms with Crippen LogP contribution in [0.1, 0.15) is 37.1 Å². The van der Waals surface area contributed by atoms with Gasteiger partial charge >= 0.3 is 0 Å². The molecule has 1 aliphatic carbocycles. The maximum absolute atomic E-state index is 14.3. The molecule has 0 spiro atoms. The molecule has 2 N–H and O–H groups in total. The van der Waals surface area contributed by atoms with Crippen molar-refractivity contribution in [1.82, 2.24) is 20.2 Å². The van der Waals surface area contributed by atoms with Gasteiger partial charge in [-0.25, -0.2) is 9.97 Å². The maximum atomic E-state index is 14.3. The number of halogens is 1. The summed E-state index contributed by atoms with van der Waals surface area (Å²) >= 11 is 0. The highest BCUT2D eigenvalue weighted by atomic mass is 19.1. The molecule has 4 heterocycles. The van der Waals surface area contributed by atoms with Crippen LogP contribution in [0.5, 0.6) is 5.75 Å². The third kappa shape index (κ3) is 3.94. The lowest BCUT2D eigenvalue weighted by Gasteiger charge is -2.29. The number of rotatable bonds is 4. The number of aromatic nitrogens is 4. The van der Waals surface area contributed by atoms with Crippen molar-refractivity contribution >= 4 is 11.6 Å². The quantitative estimate of drug-likeness (QED) is 0.620. The molecule has 7 nitrogen and oxygen atoms in total. The predicted molar refractivity (Wildman–Crippen MR) is 118 cm³/mol. The van der Waals surface area contributed by atoms with E-state index in [2.05, 4.69) is 44.2 Å². The highest BCUT2D eigenvalue weighted by Gasteiger charge is 2.29. The summed E-state index contributed by atoms with van der Waals surface area (Å²) in [7, 11) is 2.00. The predicted octanol–water partition coefficient (Wildman–Crippen LogP) is 3.96. The highest BCUT2D eigenvalue weighted by Crippen LogP contribution is 2.38. The van der Waals surface area contributed by atoms with Gasteiger partial charge in [-0.3, -0.25) is 5.10 Å². The lowest BCUT2D eigenvalue weighted by Crippen LogP contribution is -2.29. The Labute approximate surface area is 181 Å². The normalized spacial score (nSPS) is 17.0. The summed E-state index contributed by atoms with van der Waals surface area (Å²) in [6.07, 6.45) is 4.80. The second-order valence-electron chi connectivity index (χ2n) is 9.22. The van der Waals surface area contributed by atoms with Gasteiger partial charge in [0.15, 0.2) is 11.6 Å². The monoisotopic (exact) mass is 422 g/mol. The summed E-state index contributed by atoms with van der Waals surface area (Å²) in [5.41, 5.74) is 5.11. The van der Waals surface area contributed by atoms with Crippen LogP contribution in [-0.2, 0) is 19.4 Å². The van der Waals surface area contributed by atoms with E-state index in [1.54, 1.807) is 0 Å². The van der Waals surface area contributed by atoms with E-state index in [9.17, 15) is 4.39 Å². The van der Waals surface area contributed by atoms with Gasteiger partial charge < -0.3 is 15.0 Å². The molecule has 2 aliphatic rings. The average molecular weight is 423 g/mol. The minimum atomic E-state index is -0.526. The molecule has 0 bridgehead atoms. The average Bonchev–Trinajstić information content (AvgIpc) is 3.14. The van der Waals surface area contributed by atoms with E-state index in [1.807, 2.05) is 25.4 Å². The Kier molecular flexibility index (Phi) is 4.79. The first-order valence-electron chi connectivity index (χ1n) is 10.7. The molecular weight excluding hydrogens is 395 g/mol. The van der Waals surface area contributed by atoms with E-state index in [0.717, 1.165) is 59.9 Å². The van der Waals surface area contributed by atoms with Crippen LogP contribution in [0.15, 0.2) is 24.4 Å². The molecule has 1 aliphatic heterocycles. The van der Waals surface area contributed by atoms with Crippen molar-refractivity contribution in [2.24, 2.45) is 5.41 Å². The lowest BCUT2D eigenvalue weighted by atomic mass is 9.76. The van der Waals surface area contributed by atoms with Gasteiger partial charge in [-0.1, -0.05) is 13.8 Å². The Morgan fingerprint density at radius 2 is 2.16 bits per heavy atom. The number of hydrogen-bond acceptors (Lipinski definition) is 6. The van der Waals surface area contributed by atoms with Crippen LogP contribution < -0.4 is 15.0 Å². The molecule has 0 atom stereocenters. The van der Waals surface area contributed by atoms with Crippen molar-refractivity contribution < 1.29 is 9.13 Å². The fourth-order valence-corrected chi connectivity index (χ4v) is 4.37. The van der Waals surface area contributed by atoms with Crippen LogP contribution >= 0.6 is 0 Å². The molecule has 162 valence electrons. The molecule has 0 fully saturated rings. The van der Waals surface area contributed by atoms with Gasteiger partial charge in [0, 0.05) is 42.7 Å². The Bertz CT molecular complexity index is 1130. The van der Waals surface area contributed by atoms with Gasteiger partial charge in [0.05, 0.1) is 12.2 Å². The Morgan fingerprint density at radius 3 is 3.03 bits per heavy atom. The summed E-state index contributed by atoms with van der Waals surface area (Å²) in [4.78, 5) is 10.6. The fourth-order valence-electron chi connectivity index (χ4n) is 4.37. The van der Waals surface area contributed by atoms with Crippen LogP contribution in [-0.4, -0.2) is 40.4 Å². The van der Waals surface area contributed by atoms with Gasteiger partial charge in [0.25, 0.3) is 0 Å². The Morgan fingerprint density at radius 1 is 1.29 bits per heavy atom. The number of likely N-dealkylation sites (N-methyl/N-ethyl adjacent to an activating group) is 1. The number of ether oxygens (including phenoxy) is 1. The van der Waals surface area contributed by atoms with Gasteiger partial charge in [-0.2, -0.15) is 9.49 Å². The van der Waals surface area contributed by atoms with E-state index < -0.39 is 5.95 Å². The fraction of sp³-hybridized carbons (Fsp3) is 0.435. The van der Waals surface area contributed by atoms with Crippen LogP contribution in [0.25, 0.3) is 11.3 Å². The molecule has 3 aromatic rings. The Hall–Kier alpha value is -3.16. The van der Waals surface area contributed by atoms with Crippen LogP contribution in [0.2, 0.25) is 0 Å². The first kappa shape index (κ1) is 19.8. The molecule has 0 amide bonds. The third-order valence-corrected chi connectivity index (χ3v) is 6.14. The van der Waals surface area contributed by atoms with Crippen molar-refractivity contribution in [3.63, 3.8) is 0 Å². The molecule has 0 saturated heterocycles. The topological polar surface area (TPSA) is 79.0 Å². The zero-order valence-corrected chi connectivity index (χ0v) is 18.1. The largest absolute Gasteiger partial charge is 0.488 e. The summed E-state index contributed by atoms with van der Waals surface area (Å²) < 4.78 is 20.1. The first-order valence-corrected chi connectivity index (χ1v) is 10.7. The van der Waals surface area contributed by atoms with E-state index in [0.29, 0.717) is 19.0 Å². The number of nitrogens with one attached hydrogen (secondary N) is 2. The first-order chi connectivity index (χ1) is 14.9. The maximum Gasteiger partial charge on any atom is 0.215 e. The zero-order chi connectivity index (χ0) is 21.6. The minimum absolute atomic E-state index is 0.258. The summed E-state index contributed by atoms with van der Waals surface area (Å²) in [5, 5.41) is 10.9. The van der Waals surface area contributed by atoms with Gasteiger partial charge in [0.1, 0.15) is 12.4 Å². The number of hydrogen-bond donors (Lipinski definition) is 2. The number of pyridine rings is 2. The van der Waals surface area contributed by atoms with Gasteiger partial charge in [-0.15, -0.1) is 0 Å². The van der Waals surface area contributed by atoms with Crippen molar-refractivity contribution in [2.75, 3.05) is 30.4 Å². The third-order valence-electron chi connectivity index (χ3n) is 6.14. The second-order valence-corrected chi connectivity index (χ2v) is 9.22. The minimum Gasteiger partial charge on any atom is -0.488 e. The summed E-state index contributed by atoms with van der Waals surface area (Å²) in [5.74, 6) is 1.56. The standard InChI is InChI=1S/C23H27FN6O/c1-23(2)5-4-16-17(11-23)28-29-21(16)15-9-19(24)27-20(10-15)25-12-14-8-18-22(26-13-14)30(3)6-7-31-18/h8-10,13H,4-7,11-12H2,1-3H3,(H,25,27)(H,28,29). The molecular formula is C23H27FN6O. The number of nitrogens with zero attached hydrogens (tertiary/aromatic N) is 4. The zero-order valence-electron chi connectivity index (χ0n) is 18.1. The molecule has 0 radical (unpaired) electrons. The molecule has 0 aromatic carbocycles. The number of H-pyrrole nitrogens is 1. The van der Waals surface area contributed by atoms with Crippen molar-refractivity contribution in [3.8, 4) is 17.0 Å². The van der Waals surface area contributed by atoms with E-state index in [4.69, 9.17) is 4.74 Å². The Balaban J connectivity index is 1.36. The van der Waals surface area contributed by atoms with E-state index in [-0.39, 0.29) is 5.41 Å². The molecule has 3 aromatic heterocycles.